The zero-order valence-corrected chi connectivity index (χ0v) is 10.7. The van der Waals surface area contributed by atoms with Crippen LogP contribution in [-0.2, 0) is 0 Å². The van der Waals surface area contributed by atoms with Gasteiger partial charge in [0.25, 0.3) is 5.91 Å². The lowest BCUT2D eigenvalue weighted by molar-refractivity contribution is 0.0716. The molecule has 20 heavy (non-hydrogen) atoms. The monoisotopic (exact) mass is 275 g/mol. The highest BCUT2D eigenvalue weighted by atomic mass is 19.1. The van der Waals surface area contributed by atoms with Crippen LogP contribution in [0.2, 0.25) is 0 Å². The molecule has 1 saturated heterocycles. The van der Waals surface area contributed by atoms with Crippen LogP contribution in [0, 0.1) is 5.82 Å². The number of aliphatic hydroxyl groups is 1. The fraction of sp³-hybridized carbons (Fsp3) is 0.286. The van der Waals surface area contributed by atoms with E-state index in [1.54, 1.807) is 17.0 Å². The van der Waals surface area contributed by atoms with Crippen LogP contribution >= 0.6 is 0 Å². The summed E-state index contributed by atoms with van der Waals surface area (Å²) in [6, 6.07) is 5.77. The van der Waals surface area contributed by atoms with Crippen molar-refractivity contribution in [1.29, 1.82) is 0 Å². The van der Waals surface area contributed by atoms with Crippen molar-refractivity contribution in [3.63, 3.8) is 0 Å². The summed E-state index contributed by atoms with van der Waals surface area (Å²) in [4.78, 5) is 14.0. The Labute approximate surface area is 115 Å². The van der Waals surface area contributed by atoms with Gasteiger partial charge >= 0.3 is 0 Å². The SMILES string of the molecule is O=C(c1cn[nH]c1)N1C[C@H](O)C[C@@H]1c1ccc(F)cc1. The fourth-order valence-corrected chi connectivity index (χ4v) is 2.57. The van der Waals surface area contributed by atoms with E-state index in [1.807, 2.05) is 0 Å². The van der Waals surface area contributed by atoms with Crippen LogP contribution in [0.25, 0.3) is 0 Å². The molecule has 6 heteroatoms. The number of likely N-dealkylation sites (tertiary alicyclic amines) is 1. The Hall–Kier alpha value is -2.21. The molecular formula is C14H14FN3O2. The van der Waals surface area contributed by atoms with Gasteiger partial charge in [0.1, 0.15) is 5.82 Å². The summed E-state index contributed by atoms with van der Waals surface area (Å²) in [5.74, 6) is -0.510. The van der Waals surface area contributed by atoms with E-state index in [4.69, 9.17) is 0 Å². The van der Waals surface area contributed by atoms with E-state index in [2.05, 4.69) is 10.2 Å². The standard InChI is InChI=1S/C14H14FN3O2/c15-11-3-1-9(2-4-11)13-5-12(19)8-18(13)14(20)10-6-16-17-7-10/h1-4,6-7,12-13,19H,5,8H2,(H,16,17)/t12-,13-/m1/s1. The number of β-amino-alcohol motifs (C(OH)–C–C–N with tert-alkyl or cyclic N) is 1. The Morgan fingerprint density at radius 3 is 2.80 bits per heavy atom. The van der Waals surface area contributed by atoms with Crippen LogP contribution in [0.3, 0.4) is 0 Å². The molecule has 0 radical (unpaired) electrons. The Morgan fingerprint density at radius 2 is 2.15 bits per heavy atom. The largest absolute Gasteiger partial charge is 0.391 e. The number of carbonyl (C=O) groups is 1. The number of halogens is 1. The molecule has 1 aliphatic rings. The van der Waals surface area contributed by atoms with Gasteiger partial charge in [-0.2, -0.15) is 5.10 Å². The number of H-pyrrole nitrogens is 1. The summed E-state index contributed by atoms with van der Waals surface area (Å²) in [5.41, 5.74) is 1.27. The van der Waals surface area contributed by atoms with E-state index >= 15 is 0 Å². The van der Waals surface area contributed by atoms with Crippen LogP contribution in [0.1, 0.15) is 28.4 Å². The quantitative estimate of drug-likeness (QED) is 0.872. The number of hydrogen-bond donors (Lipinski definition) is 2. The number of benzene rings is 1. The molecule has 1 aliphatic heterocycles. The number of rotatable bonds is 2. The lowest BCUT2D eigenvalue weighted by Gasteiger charge is -2.24. The van der Waals surface area contributed by atoms with Gasteiger partial charge in [0.15, 0.2) is 0 Å². The average molecular weight is 275 g/mol. The predicted molar refractivity (Wildman–Crippen MR) is 69.4 cm³/mol. The molecule has 1 aromatic heterocycles. The molecule has 1 amide bonds. The number of carbonyl (C=O) groups excluding carboxylic acids is 1. The summed E-state index contributed by atoms with van der Waals surface area (Å²) < 4.78 is 13.0. The second-order valence-corrected chi connectivity index (χ2v) is 4.90. The number of nitrogens with zero attached hydrogens (tertiary/aromatic N) is 2. The second kappa shape index (κ2) is 5.05. The zero-order valence-electron chi connectivity index (χ0n) is 10.7. The first-order valence-corrected chi connectivity index (χ1v) is 6.38. The van der Waals surface area contributed by atoms with Crippen molar-refractivity contribution >= 4 is 5.91 Å². The molecule has 0 aliphatic carbocycles. The van der Waals surface area contributed by atoms with Gasteiger partial charge in [0.05, 0.1) is 23.9 Å². The highest BCUT2D eigenvalue weighted by Crippen LogP contribution is 2.33. The van der Waals surface area contributed by atoms with E-state index in [0.717, 1.165) is 5.56 Å². The van der Waals surface area contributed by atoms with Crippen LogP contribution < -0.4 is 0 Å². The number of amides is 1. The smallest absolute Gasteiger partial charge is 0.257 e. The third kappa shape index (κ3) is 2.30. The molecule has 104 valence electrons. The van der Waals surface area contributed by atoms with E-state index in [0.29, 0.717) is 12.0 Å². The molecular weight excluding hydrogens is 261 g/mol. The van der Waals surface area contributed by atoms with Gasteiger partial charge < -0.3 is 10.0 Å². The molecule has 5 nitrogen and oxygen atoms in total. The highest BCUT2D eigenvalue weighted by molar-refractivity contribution is 5.94. The van der Waals surface area contributed by atoms with Gasteiger partial charge in [-0.25, -0.2) is 4.39 Å². The summed E-state index contributed by atoms with van der Waals surface area (Å²) in [5, 5.41) is 16.2. The predicted octanol–water partition coefficient (Wildman–Crippen LogP) is 1.50. The number of hydrogen-bond acceptors (Lipinski definition) is 3. The number of aromatic amines is 1. The van der Waals surface area contributed by atoms with Crippen LogP contribution in [0.4, 0.5) is 4.39 Å². The summed E-state index contributed by atoms with van der Waals surface area (Å²) >= 11 is 0. The molecule has 0 saturated carbocycles. The first kappa shape index (κ1) is 12.8. The summed E-state index contributed by atoms with van der Waals surface area (Å²) in [6.07, 6.45) is 2.86. The first-order valence-electron chi connectivity index (χ1n) is 6.38. The zero-order chi connectivity index (χ0) is 14.1. The van der Waals surface area contributed by atoms with Crippen molar-refractivity contribution in [3.8, 4) is 0 Å². The Balaban J connectivity index is 1.89. The van der Waals surface area contributed by atoms with Gasteiger partial charge in [-0.3, -0.25) is 9.89 Å². The van der Waals surface area contributed by atoms with Crippen molar-refractivity contribution < 1.29 is 14.3 Å². The van der Waals surface area contributed by atoms with E-state index < -0.39 is 6.10 Å². The summed E-state index contributed by atoms with van der Waals surface area (Å²) in [6.45, 7) is 0.270. The number of aliphatic hydroxyl groups excluding tert-OH is 1. The van der Waals surface area contributed by atoms with Crippen molar-refractivity contribution in [2.75, 3.05) is 6.54 Å². The van der Waals surface area contributed by atoms with Crippen LogP contribution in [-0.4, -0.2) is 38.8 Å². The Morgan fingerprint density at radius 1 is 1.40 bits per heavy atom. The molecule has 0 unspecified atom stereocenters. The van der Waals surface area contributed by atoms with E-state index in [1.165, 1.54) is 24.5 Å². The maximum atomic E-state index is 13.0. The molecule has 2 heterocycles. The molecule has 1 aromatic carbocycles. The molecule has 2 aromatic rings. The van der Waals surface area contributed by atoms with Crippen molar-refractivity contribution in [3.05, 3.63) is 53.6 Å². The minimum Gasteiger partial charge on any atom is -0.391 e. The van der Waals surface area contributed by atoms with Gasteiger partial charge in [0, 0.05) is 12.7 Å². The van der Waals surface area contributed by atoms with Gasteiger partial charge in [-0.05, 0) is 24.1 Å². The molecule has 2 atom stereocenters. The normalized spacial score (nSPS) is 22.2. The summed E-state index contributed by atoms with van der Waals surface area (Å²) in [7, 11) is 0. The minimum atomic E-state index is -0.569. The molecule has 3 rings (SSSR count). The molecule has 2 N–H and O–H groups in total. The van der Waals surface area contributed by atoms with Crippen LogP contribution in [0.5, 0.6) is 0 Å². The lowest BCUT2D eigenvalue weighted by atomic mass is 10.0. The molecule has 0 bridgehead atoms. The molecule has 0 spiro atoms. The second-order valence-electron chi connectivity index (χ2n) is 4.90. The van der Waals surface area contributed by atoms with E-state index in [9.17, 15) is 14.3 Å². The van der Waals surface area contributed by atoms with Crippen molar-refractivity contribution in [1.82, 2.24) is 15.1 Å². The lowest BCUT2D eigenvalue weighted by Crippen LogP contribution is -2.31. The molecule has 1 fully saturated rings. The van der Waals surface area contributed by atoms with Gasteiger partial charge in [0.2, 0.25) is 0 Å². The third-order valence-corrected chi connectivity index (χ3v) is 3.54. The van der Waals surface area contributed by atoms with Gasteiger partial charge in [-0.15, -0.1) is 0 Å². The topological polar surface area (TPSA) is 69.2 Å². The number of aromatic nitrogens is 2. The average Bonchev–Trinajstić information content (AvgIpc) is 3.08. The Bertz CT molecular complexity index is 597. The van der Waals surface area contributed by atoms with E-state index in [-0.39, 0.29) is 24.3 Å². The fourth-order valence-electron chi connectivity index (χ4n) is 2.57. The third-order valence-electron chi connectivity index (χ3n) is 3.54. The maximum Gasteiger partial charge on any atom is 0.257 e. The Kier molecular flexibility index (Phi) is 3.23. The maximum absolute atomic E-state index is 13.0. The van der Waals surface area contributed by atoms with Crippen molar-refractivity contribution in [2.24, 2.45) is 0 Å². The highest BCUT2D eigenvalue weighted by Gasteiger charge is 2.35. The van der Waals surface area contributed by atoms with Crippen molar-refractivity contribution in [2.45, 2.75) is 18.6 Å². The number of nitrogens with one attached hydrogen (secondary N) is 1. The van der Waals surface area contributed by atoms with Crippen LogP contribution in [0.15, 0.2) is 36.7 Å². The minimum absolute atomic E-state index is 0.190. The first-order chi connectivity index (χ1) is 9.65. The van der Waals surface area contributed by atoms with Gasteiger partial charge in [-0.1, -0.05) is 12.1 Å².